The van der Waals surface area contributed by atoms with Gasteiger partial charge in [-0.2, -0.15) is 0 Å². The molecule has 1 atom stereocenters. The fraction of sp³-hybridized carbons (Fsp3) is 0.250. The lowest BCUT2D eigenvalue weighted by atomic mass is 10.1. The fourth-order valence-corrected chi connectivity index (χ4v) is 3.47. The minimum absolute atomic E-state index is 0.173. The van der Waals surface area contributed by atoms with Crippen LogP contribution < -0.4 is 4.74 Å². The summed E-state index contributed by atoms with van der Waals surface area (Å²) < 4.78 is 11.6. The number of carbonyl (C=O) groups excluding carboxylic acids is 1. The van der Waals surface area contributed by atoms with E-state index in [1.54, 1.807) is 23.1 Å². The van der Waals surface area contributed by atoms with E-state index in [9.17, 15) is 4.79 Å². The van der Waals surface area contributed by atoms with Crippen LogP contribution in [0.1, 0.15) is 10.4 Å². The Morgan fingerprint density at radius 3 is 2.96 bits per heavy atom. The predicted molar refractivity (Wildman–Crippen MR) is 107 cm³/mol. The normalized spacial score (nSPS) is 16.9. The first-order valence-corrected chi connectivity index (χ1v) is 9.56. The van der Waals surface area contributed by atoms with E-state index in [1.807, 2.05) is 24.3 Å². The lowest BCUT2D eigenvalue weighted by Gasteiger charge is -2.33. The minimum atomic E-state index is -0.274. The van der Waals surface area contributed by atoms with Gasteiger partial charge in [0, 0.05) is 11.6 Å². The van der Waals surface area contributed by atoms with Gasteiger partial charge in [-0.05, 0) is 30.3 Å². The number of ether oxygens (including phenoxy) is 2. The fourth-order valence-electron chi connectivity index (χ4n) is 3.10. The summed E-state index contributed by atoms with van der Waals surface area (Å²) in [4.78, 5) is 23.0. The maximum atomic E-state index is 12.8. The SMILES string of the molecule is O=C(c1cc(Cl)ccc1Cl)N1CCOC(COc2ncnc3ccccc23)C1. The molecule has 1 unspecified atom stereocenters. The summed E-state index contributed by atoms with van der Waals surface area (Å²) >= 11 is 12.2. The second kappa shape index (κ2) is 8.31. The molecular formula is C20H17Cl2N3O3. The Hall–Kier alpha value is -2.41. The molecular weight excluding hydrogens is 401 g/mol. The van der Waals surface area contributed by atoms with Gasteiger partial charge < -0.3 is 14.4 Å². The smallest absolute Gasteiger partial charge is 0.255 e. The van der Waals surface area contributed by atoms with Crippen LogP contribution in [-0.4, -0.2) is 53.2 Å². The average Bonchev–Trinajstić information content (AvgIpc) is 2.73. The van der Waals surface area contributed by atoms with Gasteiger partial charge in [0.15, 0.2) is 0 Å². The molecule has 3 aromatic rings. The number of aromatic nitrogens is 2. The van der Waals surface area contributed by atoms with E-state index in [0.29, 0.717) is 41.2 Å². The van der Waals surface area contributed by atoms with Gasteiger partial charge in [-0.15, -0.1) is 0 Å². The van der Waals surface area contributed by atoms with Gasteiger partial charge in [-0.1, -0.05) is 35.3 Å². The van der Waals surface area contributed by atoms with Gasteiger partial charge in [0.25, 0.3) is 5.91 Å². The molecule has 0 saturated carbocycles. The number of benzene rings is 2. The van der Waals surface area contributed by atoms with Crippen molar-refractivity contribution in [1.82, 2.24) is 14.9 Å². The lowest BCUT2D eigenvalue weighted by Crippen LogP contribution is -2.47. The van der Waals surface area contributed by atoms with Crippen molar-refractivity contribution >= 4 is 40.0 Å². The van der Waals surface area contributed by atoms with Crippen molar-refractivity contribution in [1.29, 1.82) is 0 Å². The van der Waals surface area contributed by atoms with E-state index in [2.05, 4.69) is 9.97 Å². The molecule has 28 heavy (non-hydrogen) atoms. The largest absolute Gasteiger partial charge is 0.474 e. The molecule has 144 valence electrons. The Bertz CT molecular complexity index is 1010. The van der Waals surface area contributed by atoms with Gasteiger partial charge in [-0.25, -0.2) is 9.97 Å². The lowest BCUT2D eigenvalue weighted by molar-refractivity contribution is -0.0404. The molecule has 4 rings (SSSR count). The van der Waals surface area contributed by atoms with Crippen molar-refractivity contribution in [3.63, 3.8) is 0 Å². The number of amides is 1. The van der Waals surface area contributed by atoms with E-state index in [-0.39, 0.29) is 18.6 Å². The van der Waals surface area contributed by atoms with Crippen LogP contribution in [0.15, 0.2) is 48.8 Å². The first-order valence-electron chi connectivity index (χ1n) is 8.80. The summed E-state index contributed by atoms with van der Waals surface area (Å²) in [5.41, 5.74) is 1.20. The minimum Gasteiger partial charge on any atom is -0.474 e. The Labute approximate surface area is 172 Å². The summed E-state index contributed by atoms with van der Waals surface area (Å²) in [6, 6.07) is 12.5. The molecule has 6 nitrogen and oxygen atoms in total. The van der Waals surface area contributed by atoms with Crippen LogP contribution in [0.4, 0.5) is 0 Å². The number of halogens is 2. The highest BCUT2D eigenvalue weighted by Gasteiger charge is 2.27. The van der Waals surface area contributed by atoms with Crippen LogP contribution in [-0.2, 0) is 4.74 Å². The Morgan fingerprint density at radius 1 is 1.21 bits per heavy atom. The Balaban J connectivity index is 1.44. The Kier molecular flexibility index (Phi) is 5.62. The van der Waals surface area contributed by atoms with Crippen LogP contribution in [0.25, 0.3) is 10.9 Å². The first-order chi connectivity index (χ1) is 13.6. The zero-order valence-electron chi connectivity index (χ0n) is 14.8. The molecule has 2 aromatic carbocycles. The van der Waals surface area contributed by atoms with Gasteiger partial charge >= 0.3 is 0 Å². The zero-order chi connectivity index (χ0) is 19.5. The standard InChI is InChI=1S/C20H17Cl2N3O3/c21-13-5-6-17(22)16(9-13)20(26)25-7-8-27-14(10-25)11-28-19-15-3-1-2-4-18(15)23-12-24-19/h1-6,9,12,14H,7-8,10-11H2. The first kappa shape index (κ1) is 18.9. The second-order valence-electron chi connectivity index (χ2n) is 6.38. The molecule has 0 aliphatic carbocycles. The van der Waals surface area contributed by atoms with Crippen LogP contribution in [0.2, 0.25) is 10.0 Å². The molecule has 1 saturated heterocycles. The van der Waals surface area contributed by atoms with E-state index in [0.717, 1.165) is 10.9 Å². The second-order valence-corrected chi connectivity index (χ2v) is 7.22. The van der Waals surface area contributed by atoms with Gasteiger partial charge in [0.05, 0.1) is 34.6 Å². The highest BCUT2D eigenvalue weighted by atomic mass is 35.5. The third-order valence-corrected chi connectivity index (χ3v) is 5.06. The van der Waals surface area contributed by atoms with Crippen molar-refractivity contribution in [2.75, 3.05) is 26.3 Å². The summed E-state index contributed by atoms with van der Waals surface area (Å²) in [7, 11) is 0. The number of para-hydroxylation sites is 1. The number of morpholine rings is 1. The molecule has 1 aliphatic rings. The van der Waals surface area contributed by atoms with Gasteiger partial charge in [0.2, 0.25) is 5.88 Å². The summed E-state index contributed by atoms with van der Waals surface area (Å²) in [6.07, 6.45) is 1.19. The summed E-state index contributed by atoms with van der Waals surface area (Å²) in [5.74, 6) is 0.323. The molecule has 0 N–H and O–H groups in total. The molecule has 1 amide bonds. The average molecular weight is 418 g/mol. The molecule has 8 heteroatoms. The van der Waals surface area contributed by atoms with E-state index >= 15 is 0 Å². The van der Waals surface area contributed by atoms with Crippen molar-refractivity contribution in [3.8, 4) is 5.88 Å². The molecule has 1 aliphatic heterocycles. The third-order valence-electron chi connectivity index (χ3n) is 4.50. The number of nitrogens with zero attached hydrogens (tertiary/aromatic N) is 3. The number of hydrogen-bond acceptors (Lipinski definition) is 5. The number of carbonyl (C=O) groups is 1. The van der Waals surface area contributed by atoms with E-state index in [1.165, 1.54) is 6.33 Å². The maximum Gasteiger partial charge on any atom is 0.255 e. The van der Waals surface area contributed by atoms with Gasteiger partial charge in [-0.3, -0.25) is 4.79 Å². The summed E-state index contributed by atoms with van der Waals surface area (Å²) in [6.45, 7) is 1.57. The molecule has 0 spiro atoms. The van der Waals surface area contributed by atoms with Gasteiger partial charge in [0.1, 0.15) is 19.0 Å². The number of fused-ring (bicyclic) bond motifs is 1. The van der Waals surface area contributed by atoms with Crippen LogP contribution in [0.3, 0.4) is 0 Å². The van der Waals surface area contributed by atoms with Crippen molar-refractivity contribution in [2.45, 2.75) is 6.10 Å². The van der Waals surface area contributed by atoms with E-state index in [4.69, 9.17) is 32.7 Å². The predicted octanol–water partition coefficient (Wildman–Crippen LogP) is 3.86. The number of hydrogen-bond donors (Lipinski definition) is 0. The topological polar surface area (TPSA) is 64.6 Å². The molecule has 0 radical (unpaired) electrons. The van der Waals surface area contributed by atoms with Crippen molar-refractivity contribution < 1.29 is 14.3 Å². The Morgan fingerprint density at radius 2 is 2.07 bits per heavy atom. The molecule has 1 aromatic heterocycles. The monoisotopic (exact) mass is 417 g/mol. The molecule has 2 heterocycles. The van der Waals surface area contributed by atoms with Crippen LogP contribution >= 0.6 is 23.2 Å². The van der Waals surface area contributed by atoms with Crippen LogP contribution in [0, 0.1) is 0 Å². The highest BCUT2D eigenvalue weighted by Crippen LogP contribution is 2.24. The van der Waals surface area contributed by atoms with E-state index < -0.39 is 0 Å². The third kappa shape index (κ3) is 4.04. The molecule has 0 bridgehead atoms. The molecule has 1 fully saturated rings. The quantitative estimate of drug-likeness (QED) is 0.644. The maximum absolute atomic E-state index is 12.8. The van der Waals surface area contributed by atoms with Crippen molar-refractivity contribution in [2.24, 2.45) is 0 Å². The zero-order valence-corrected chi connectivity index (χ0v) is 16.4. The highest BCUT2D eigenvalue weighted by molar-refractivity contribution is 6.35. The van der Waals surface area contributed by atoms with Crippen molar-refractivity contribution in [3.05, 3.63) is 64.4 Å². The number of rotatable bonds is 4. The summed E-state index contributed by atoms with van der Waals surface area (Å²) in [5, 5.41) is 1.68. The van der Waals surface area contributed by atoms with Crippen LogP contribution in [0.5, 0.6) is 5.88 Å².